The number of ether oxygens (including phenoxy) is 1. The van der Waals surface area contributed by atoms with Crippen molar-refractivity contribution in [2.45, 2.75) is 237 Å². The topological polar surface area (TPSA) is 128 Å². The number of rotatable bonds is 18. The summed E-state index contributed by atoms with van der Waals surface area (Å²) in [5, 5.41) is 36.7. The summed E-state index contributed by atoms with van der Waals surface area (Å²) < 4.78 is 5.81. The molecule has 8 nitrogen and oxygen atoms in total. The molecule has 422 valence electrons. The van der Waals surface area contributed by atoms with Crippen LogP contribution < -0.4 is 15.4 Å². The van der Waals surface area contributed by atoms with Crippen molar-refractivity contribution in [2.75, 3.05) is 17.2 Å². The van der Waals surface area contributed by atoms with Gasteiger partial charge in [0.2, 0.25) is 11.8 Å². The zero-order valence-corrected chi connectivity index (χ0v) is 55.8. The Bertz CT molecular complexity index is 2050. The van der Waals surface area contributed by atoms with E-state index in [2.05, 4.69) is 140 Å². The molecule has 4 aromatic rings. The summed E-state index contributed by atoms with van der Waals surface area (Å²) in [5.41, 5.74) is 6.34. The van der Waals surface area contributed by atoms with Crippen LogP contribution >= 0.6 is 0 Å². The van der Waals surface area contributed by atoms with E-state index in [1.165, 1.54) is 63.9 Å². The van der Waals surface area contributed by atoms with Crippen LogP contribution in [0.5, 0.6) is 23.0 Å². The molecule has 0 unspecified atom stereocenters. The van der Waals surface area contributed by atoms with E-state index in [1.54, 1.807) is 18.2 Å². The fourth-order valence-electron chi connectivity index (χ4n) is 7.42. The first-order valence-corrected chi connectivity index (χ1v) is 26.3. The minimum atomic E-state index is -0.190. The van der Waals surface area contributed by atoms with Crippen LogP contribution in [0.1, 0.15) is 236 Å². The normalized spacial score (nSPS) is 10.7. The summed E-state index contributed by atoms with van der Waals surface area (Å²) in [6.45, 7) is 36.5. The smallest absolute Gasteiger partial charge is 0.213 e. The molecular formula is C65H106N2O6Y2-4. The molecule has 0 heterocycles. The van der Waals surface area contributed by atoms with Gasteiger partial charge in [-0.2, -0.15) is 12.1 Å². The summed E-state index contributed by atoms with van der Waals surface area (Å²) in [5.74, 6) is 1.34. The maximum absolute atomic E-state index is 12.7. The van der Waals surface area contributed by atoms with Crippen molar-refractivity contribution in [1.29, 1.82) is 0 Å². The molecule has 0 aliphatic carbocycles. The van der Waals surface area contributed by atoms with Crippen LogP contribution in [0.4, 0.5) is 11.4 Å². The predicted molar refractivity (Wildman–Crippen MR) is 317 cm³/mol. The molecule has 0 fully saturated rings. The van der Waals surface area contributed by atoms with Crippen LogP contribution in [-0.2, 0) is 110 Å². The summed E-state index contributed by atoms with van der Waals surface area (Å²) in [6.07, 6.45) is 14.6. The molecule has 4 rings (SSSR count). The molecule has 0 aliphatic rings. The van der Waals surface area contributed by atoms with Crippen LogP contribution in [0.3, 0.4) is 0 Å². The van der Waals surface area contributed by atoms with Crippen LogP contribution in [0.2, 0.25) is 0 Å². The monoisotopic (exact) mass is 1190 g/mol. The fourth-order valence-corrected chi connectivity index (χ4v) is 7.42. The average Bonchev–Trinajstić information content (AvgIpc) is 3.25. The first-order chi connectivity index (χ1) is 32.6. The summed E-state index contributed by atoms with van der Waals surface area (Å²) in [4.78, 5) is 24.9. The molecule has 0 aliphatic heterocycles. The Hall–Kier alpha value is -2.77. The number of aryl methyl sites for hydroxylation is 2. The van der Waals surface area contributed by atoms with Gasteiger partial charge in [0.15, 0.2) is 0 Å². The number of aromatic hydroxyl groups is 3. The Balaban J connectivity index is -0.000000382. The van der Waals surface area contributed by atoms with Crippen molar-refractivity contribution in [2.24, 2.45) is 0 Å². The van der Waals surface area contributed by atoms with Crippen molar-refractivity contribution >= 4 is 23.2 Å². The van der Waals surface area contributed by atoms with E-state index in [4.69, 9.17) is 4.74 Å². The summed E-state index contributed by atoms with van der Waals surface area (Å²) >= 11 is 0. The zero-order chi connectivity index (χ0) is 53.3. The number of carbonyl (C=O) groups excluding carboxylic acids is 2. The van der Waals surface area contributed by atoms with Gasteiger partial charge < -0.3 is 45.5 Å². The SMILES string of the molecule is C.CC(C)(C)c1cc(CCC(=O)Nc2c[c-]c(O)cc2)cc(C(C)(C)C)c1O.CCC.CCC.CCCCCCCCCCOc1[c-]cc(NC(=O)CCc2cc(C(C)(C)C)c(O)c(C(C)(C)C)c2)cc1.[CH3-].[CH3-].[Y].[Y]. The van der Waals surface area contributed by atoms with E-state index in [-0.39, 0.29) is 127 Å². The third-order valence-corrected chi connectivity index (χ3v) is 11.3. The Morgan fingerprint density at radius 2 is 0.827 bits per heavy atom. The van der Waals surface area contributed by atoms with Gasteiger partial charge in [0.1, 0.15) is 11.5 Å². The van der Waals surface area contributed by atoms with E-state index in [0.717, 1.165) is 51.2 Å². The van der Waals surface area contributed by atoms with E-state index in [9.17, 15) is 24.9 Å². The largest absolute Gasteiger partial charge is 0.534 e. The number of unbranched alkanes of at least 4 members (excludes halogenated alkanes) is 7. The number of anilines is 2. The number of phenols is 3. The van der Waals surface area contributed by atoms with Gasteiger partial charge in [-0.25, -0.2) is 0 Å². The van der Waals surface area contributed by atoms with E-state index >= 15 is 0 Å². The number of hydrogen-bond acceptors (Lipinski definition) is 6. The molecule has 10 heteroatoms. The van der Waals surface area contributed by atoms with Gasteiger partial charge in [-0.15, -0.1) is 36.4 Å². The second-order valence-corrected chi connectivity index (χ2v) is 22.8. The number of benzene rings is 4. The quantitative estimate of drug-likeness (QED) is 0.0384. The minimum absolute atomic E-state index is 0. The van der Waals surface area contributed by atoms with E-state index < -0.39 is 0 Å². The molecule has 0 aromatic heterocycles. The van der Waals surface area contributed by atoms with Gasteiger partial charge in [0.25, 0.3) is 0 Å². The minimum Gasteiger partial charge on any atom is -0.534 e. The molecule has 0 bridgehead atoms. The van der Waals surface area contributed by atoms with Gasteiger partial charge in [-0.05, 0) is 74.3 Å². The standard InChI is InChI=1S/C33H50NO3.C23H30NO3.2C3H8.CH4.2CH3.2Y/c1-8-9-10-11-12-13-14-15-22-37-27-19-17-26(18-20-27)34-30(35)21-16-25-23-28(32(2,3)4)31(36)29(24-25)33(5,6)7;1-22(2,3)18-13-15(14-19(21(18)27)23(4,5)6)7-12-20(26)24-16-8-10-17(25)11-9-16;2*1-3-2;;;;;/h17-19,23-24,36H,8-16,21-22H2,1-7H3,(H,34,35);8-10,13-14,25,27H,7,12H2,1-6H3,(H,24,26);2*3H2,1-2H3;1H4;2*1H3;;/q2*-1;;;;2*-1;;. The third kappa shape index (κ3) is 32.7. The van der Waals surface area contributed by atoms with E-state index in [0.29, 0.717) is 49.5 Å². The van der Waals surface area contributed by atoms with Crippen LogP contribution in [0.15, 0.2) is 60.7 Å². The first kappa shape index (κ1) is 81.1. The Morgan fingerprint density at radius 1 is 0.507 bits per heavy atom. The van der Waals surface area contributed by atoms with E-state index in [1.807, 2.05) is 36.4 Å². The van der Waals surface area contributed by atoms with Crippen LogP contribution in [0.25, 0.3) is 0 Å². The van der Waals surface area contributed by atoms with Gasteiger partial charge in [0.05, 0.1) is 6.61 Å². The number of phenolic OH excluding ortho intramolecular Hbond substituents is 3. The summed E-state index contributed by atoms with van der Waals surface area (Å²) in [6, 6.07) is 24.1. The molecule has 5 N–H and O–H groups in total. The Labute approximate surface area is 511 Å². The molecule has 0 spiro atoms. The van der Waals surface area contributed by atoms with Crippen molar-refractivity contribution < 1.29 is 95.1 Å². The predicted octanol–water partition coefficient (Wildman–Crippen LogP) is 18.3. The Morgan fingerprint density at radius 3 is 1.12 bits per heavy atom. The number of nitrogens with one attached hydrogen (secondary N) is 2. The molecule has 0 atom stereocenters. The maximum Gasteiger partial charge on any atom is 0.213 e. The zero-order valence-electron chi connectivity index (χ0n) is 50.1. The molecule has 2 radical (unpaired) electrons. The average molecular weight is 1190 g/mol. The molecule has 4 aromatic carbocycles. The van der Waals surface area contributed by atoms with Gasteiger partial charge >= 0.3 is 0 Å². The second kappa shape index (κ2) is 40.4. The van der Waals surface area contributed by atoms with Crippen molar-refractivity contribution in [1.82, 2.24) is 0 Å². The van der Waals surface area contributed by atoms with Crippen molar-refractivity contribution in [3.63, 3.8) is 0 Å². The molecular weight excluding hydrogens is 1080 g/mol. The van der Waals surface area contributed by atoms with Gasteiger partial charge in [0, 0.05) is 89.8 Å². The summed E-state index contributed by atoms with van der Waals surface area (Å²) in [7, 11) is 0. The first-order valence-electron chi connectivity index (χ1n) is 26.3. The maximum atomic E-state index is 12.7. The molecule has 0 saturated carbocycles. The number of hydrogen-bond donors (Lipinski definition) is 5. The second-order valence-electron chi connectivity index (χ2n) is 22.8. The Kier molecular flexibility index (Phi) is 43.7. The fraction of sp³-hybridized carbons (Fsp3) is 0.569. The van der Waals surface area contributed by atoms with Gasteiger partial charge in [-0.1, -0.05) is 219 Å². The number of carbonyl (C=O) groups is 2. The van der Waals surface area contributed by atoms with Crippen LogP contribution in [-0.4, -0.2) is 33.7 Å². The molecule has 2 amide bonds. The molecule has 75 heavy (non-hydrogen) atoms. The molecule has 0 saturated heterocycles. The number of amides is 2. The van der Waals surface area contributed by atoms with Crippen molar-refractivity contribution in [3.05, 3.63) is 121 Å². The van der Waals surface area contributed by atoms with Crippen LogP contribution in [0, 0.1) is 27.0 Å². The van der Waals surface area contributed by atoms with Gasteiger partial charge in [-0.3, -0.25) is 9.59 Å². The third-order valence-electron chi connectivity index (χ3n) is 11.3. The van der Waals surface area contributed by atoms with Crippen molar-refractivity contribution in [3.8, 4) is 23.0 Å².